The van der Waals surface area contributed by atoms with Gasteiger partial charge < -0.3 is 5.32 Å². The average molecular weight is 153 g/mol. The largest absolute Gasteiger partial charge is 0.370 e. The van der Waals surface area contributed by atoms with Crippen LogP contribution in [0.15, 0.2) is 6.20 Å². The zero-order valence-electron chi connectivity index (χ0n) is 7.15. The van der Waals surface area contributed by atoms with Crippen LogP contribution in [0.3, 0.4) is 0 Å². The van der Waals surface area contributed by atoms with Gasteiger partial charge in [0.1, 0.15) is 5.82 Å². The first-order chi connectivity index (χ1) is 5.47. The van der Waals surface area contributed by atoms with Crippen molar-refractivity contribution in [2.45, 2.75) is 26.7 Å². The van der Waals surface area contributed by atoms with Crippen LogP contribution in [0.5, 0.6) is 0 Å². The van der Waals surface area contributed by atoms with Gasteiger partial charge in [0.05, 0.1) is 6.20 Å². The zero-order valence-corrected chi connectivity index (χ0v) is 7.15. The smallest absolute Gasteiger partial charge is 0.124 e. The van der Waals surface area contributed by atoms with Crippen molar-refractivity contribution < 1.29 is 0 Å². The summed E-state index contributed by atoms with van der Waals surface area (Å²) in [6.45, 7) is 5.08. The van der Waals surface area contributed by atoms with Crippen molar-refractivity contribution in [1.29, 1.82) is 0 Å². The predicted molar refractivity (Wildman–Crippen MR) is 46.7 cm³/mol. The molecular formula is C8H15N3. The molecule has 0 fully saturated rings. The molecule has 0 atom stereocenters. The van der Waals surface area contributed by atoms with Crippen molar-refractivity contribution >= 4 is 5.82 Å². The Hall–Kier alpha value is -0.990. The second-order valence-corrected chi connectivity index (χ2v) is 2.30. The van der Waals surface area contributed by atoms with Gasteiger partial charge in [0, 0.05) is 12.1 Å². The molecule has 1 aromatic rings. The van der Waals surface area contributed by atoms with Crippen LogP contribution in [0.2, 0.25) is 0 Å². The summed E-state index contributed by atoms with van der Waals surface area (Å²) in [7, 11) is 0. The fourth-order valence-electron chi connectivity index (χ4n) is 1.15. The lowest BCUT2D eigenvalue weighted by Gasteiger charge is -2.11. The molecule has 0 aliphatic carbocycles. The van der Waals surface area contributed by atoms with E-state index in [1.807, 2.05) is 20.0 Å². The molecule has 0 unspecified atom stereocenters. The van der Waals surface area contributed by atoms with Crippen LogP contribution in [0.25, 0.3) is 0 Å². The fraction of sp³-hybridized carbons (Fsp3) is 0.625. The Morgan fingerprint density at radius 1 is 1.45 bits per heavy atom. The van der Waals surface area contributed by atoms with E-state index in [1.165, 1.54) is 18.4 Å². The highest BCUT2D eigenvalue weighted by Crippen LogP contribution is 2.16. The van der Waals surface area contributed by atoms with E-state index >= 15 is 0 Å². The highest BCUT2D eigenvalue weighted by molar-refractivity contribution is 5.44. The fourth-order valence-corrected chi connectivity index (χ4v) is 1.15. The number of aromatic amines is 1. The summed E-state index contributed by atoms with van der Waals surface area (Å²) in [6, 6.07) is 0. The van der Waals surface area contributed by atoms with Crippen molar-refractivity contribution in [1.82, 2.24) is 10.2 Å². The summed E-state index contributed by atoms with van der Waals surface area (Å²) in [6.07, 6.45) is 4.28. The van der Waals surface area contributed by atoms with Crippen molar-refractivity contribution in [3.63, 3.8) is 0 Å². The molecule has 1 aliphatic heterocycles. The van der Waals surface area contributed by atoms with Crippen LogP contribution in [-0.4, -0.2) is 16.7 Å². The van der Waals surface area contributed by atoms with E-state index < -0.39 is 0 Å². The lowest BCUT2D eigenvalue weighted by atomic mass is 10.1. The summed E-state index contributed by atoms with van der Waals surface area (Å²) in [5.41, 5.74) is 1.32. The number of nitrogens with zero attached hydrogens (tertiary/aromatic N) is 1. The van der Waals surface area contributed by atoms with Crippen molar-refractivity contribution in [2.24, 2.45) is 0 Å². The molecule has 0 aromatic carbocycles. The highest BCUT2D eigenvalue weighted by Gasteiger charge is 2.07. The van der Waals surface area contributed by atoms with Crippen LogP contribution in [0.1, 0.15) is 25.8 Å². The summed E-state index contributed by atoms with van der Waals surface area (Å²) in [5.74, 6) is 1.11. The molecule has 2 rings (SSSR count). The van der Waals surface area contributed by atoms with Gasteiger partial charge in [-0.05, 0) is 12.8 Å². The van der Waals surface area contributed by atoms with Gasteiger partial charge in [-0.1, -0.05) is 13.8 Å². The quantitative estimate of drug-likeness (QED) is 0.596. The van der Waals surface area contributed by atoms with E-state index in [0.717, 1.165) is 12.4 Å². The molecule has 2 heterocycles. The second kappa shape index (κ2) is 4.01. The van der Waals surface area contributed by atoms with Crippen LogP contribution in [-0.2, 0) is 6.42 Å². The number of rotatable bonds is 0. The lowest BCUT2D eigenvalue weighted by molar-refractivity contribution is 0.827. The summed E-state index contributed by atoms with van der Waals surface area (Å²) in [5, 5.41) is 10.0. The molecule has 0 amide bonds. The Morgan fingerprint density at radius 3 is 3.00 bits per heavy atom. The number of H-pyrrole nitrogens is 1. The molecule has 11 heavy (non-hydrogen) atoms. The maximum atomic E-state index is 3.92. The standard InChI is InChI=1S/C6H9N3.C2H6/c1-2-5-4-8-9-6(5)7-3-1;1-2/h4H,1-3H2,(H2,7,8,9);1-2H3. The van der Waals surface area contributed by atoms with E-state index in [-0.39, 0.29) is 0 Å². The predicted octanol–water partition coefficient (Wildman–Crippen LogP) is 1.79. The molecule has 0 bridgehead atoms. The van der Waals surface area contributed by atoms with Crippen LogP contribution in [0, 0.1) is 0 Å². The third kappa shape index (κ3) is 1.73. The maximum absolute atomic E-state index is 3.92. The number of aryl methyl sites for hydroxylation is 1. The monoisotopic (exact) mass is 153 g/mol. The SMILES string of the molecule is CC.c1n[nH]c2c1CCCN2. The molecule has 3 heteroatoms. The molecule has 0 saturated carbocycles. The van der Waals surface area contributed by atoms with E-state index in [1.54, 1.807) is 0 Å². The molecule has 0 saturated heterocycles. The molecule has 3 nitrogen and oxygen atoms in total. The average Bonchev–Trinajstić information content (AvgIpc) is 2.55. The van der Waals surface area contributed by atoms with Crippen molar-refractivity contribution in [2.75, 3.05) is 11.9 Å². The van der Waals surface area contributed by atoms with Crippen LogP contribution >= 0.6 is 0 Å². The molecule has 62 valence electrons. The van der Waals surface area contributed by atoms with Crippen molar-refractivity contribution in [3.05, 3.63) is 11.8 Å². The molecule has 1 aliphatic rings. The molecular weight excluding hydrogens is 138 g/mol. The third-order valence-electron chi connectivity index (χ3n) is 1.64. The number of hydrogen-bond acceptors (Lipinski definition) is 2. The van der Waals surface area contributed by atoms with Gasteiger partial charge in [-0.2, -0.15) is 5.10 Å². The Balaban J connectivity index is 0.000000281. The minimum Gasteiger partial charge on any atom is -0.370 e. The zero-order chi connectivity index (χ0) is 8.10. The second-order valence-electron chi connectivity index (χ2n) is 2.30. The Morgan fingerprint density at radius 2 is 2.27 bits per heavy atom. The van der Waals surface area contributed by atoms with Gasteiger partial charge in [0.15, 0.2) is 0 Å². The minimum absolute atomic E-state index is 1.08. The lowest BCUT2D eigenvalue weighted by Crippen LogP contribution is -2.10. The first kappa shape index (κ1) is 8.11. The molecule has 1 aromatic heterocycles. The third-order valence-corrected chi connectivity index (χ3v) is 1.64. The van der Waals surface area contributed by atoms with Crippen LogP contribution < -0.4 is 5.32 Å². The van der Waals surface area contributed by atoms with Crippen molar-refractivity contribution in [3.8, 4) is 0 Å². The molecule has 2 N–H and O–H groups in total. The number of hydrogen-bond donors (Lipinski definition) is 2. The first-order valence-electron chi connectivity index (χ1n) is 4.23. The summed E-state index contributed by atoms with van der Waals surface area (Å²) in [4.78, 5) is 0. The van der Waals surface area contributed by atoms with Gasteiger partial charge >= 0.3 is 0 Å². The van der Waals surface area contributed by atoms with Gasteiger partial charge in [0.25, 0.3) is 0 Å². The van der Waals surface area contributed by atoms with E-state index in [4.69, 9.17) is 0 Å². The summed E-state index contributed by atoms with van der Waals surface area (Å²) >= 11 is 0. The minimum atomic E-state index is 1.08. The Kier molecular flexibility index (Phi) is 2.95. The first-order valence-corrected chi connectivity index (χ1v) is 4.23. The van der Waals surface area contributed by atoms with Gasteiger partial charge in [0.2, 0.25) is 0 Å². The summed E-state index contributed by atoms with van der Waals surface area (Å²) < 4.78 is 0. The number of anilines is 1. The van der Waals surface area contributed by atoms with E-state index in [0.29, 0.717) is 0 Å². The van der Waals surface area contributed by atoms with E-state index in [9.17, 15) is 0 Å². The van der Waals surface area contributed by atoms with Crippen LogP contribution in [0.4, 0.5) is 5.82 Å². The number of aromatic nitrogens is 2. The highest BCUT2D eigenvalue weighted by atomic mass is 15.2. The maximum Gasteiger partial charge on any atom is 0.124 e. The Bertz CT molecular complexity index is 184. The number of nitrogens with one attached hydrogen (secondary N) is 2. The van der Waals surface area contributed by atoms with Gasteiger partial charge in [-0.15, -0.1) is 0 Å². The van der Waals surface area contributed by atoms with Gasteiger partial charge in [-0.25, -0.2) is 0 Å². The number of fused-ring (bicyclic) bond motifs is 1. The van der Waals surface area contributed by atoms with Gasteiger partial charge in [-0.3, -0.25) is 5.10 Å². The topological polar surface area (TPSA) is 40.7 Å². The normalized spacial score (nSPS) is 14.0. The Labute approximate surface area is 67.2 Å². The van der Waals surface area contributed by atoms with E-state index in [2.05, 4.69) is 15.5 Å². The molecule has 0 spiro atoms. The molecule has 0 radical (unpaired) electrons.